The van der Waals surface area contributed by atoms with E-state index in [0.29, 0.717) is 17.4 Å². The highest BCUT2D eigenvalue weighted by molar-refractivity contribution is 6.17. The number of carbonyl (C=O) groups excluding carboxylic acids is 1. The van der Waals surface area contributed by atoms with Gasteiger partial charge in [0, 0.05) is 29.6 Å². The Balaban J connectivity index is 1.45. The lowest BCUT2D eigenvalue weighted by Gasteiger charge is -2.10. The Hall–Kier alpha value is -3.90. The lowest BCUT2D eigenvalue weighted by molar-refractivity contribution is 0.262. The number of amides is 2. The third kappa shape index (κ3) is 5.58. The van der Waals surface area contributed by atoms with Crippen molar-refractivity contribution in [1.29, 1.82) is 0 Å². The fourth-order valence-electron chi connectivity index (χ4n) is 2.98. The van der Waals surface area contributed by atoms with E-state index < -0.39 is 0 Å². The molecule has 0 unspecified atom stereocenters. The molecule has 0 aliphatic carbocycles. The van der Waals surface area contributed by atoms with E-state index in [2.05, 4.69) is 25.9 Å². The minimum atomic E-state index is -0.371. The Morgan fingerprint density at radius 3 is 2.06 bits per heavy atom. The molecule has 154 valence electrons. The van der Waals surface area contributed by atoms with E-state index in [4.69, 9.17) is 11.6 Å². The lowest BCUT2D eigenvalue weighted by Crippen LogP contribution is -2.20. The fraction of sp³-hybridized carbons (Fsp3) is 0.0417. The molecule has 0 aliphatic heterocycles. The molecule has 3 N–H and O–H groups in total. The molecule has 0 radical (unpaired) electrons. The predicted molar refractivity (Wildman–Crippen MR) is 126 cm³/mol. The predicted octanol–water partition coefficient (Wildman–Crippen LogP) is 6.27. The fourth-order valence-corrected chi connectivity index (χ4v) is 3.16. The van der Waals surface area contributed by atoms with Crippen molar-refractivity contribution in [3.05, 3.63) is 96.8 Å². The number of carbonyl (C=O) groups is 1. The number of para-hydroxylation sites is 1. The maximum Gasteiger partial charge on any atom is 0.324 e. The van der Waals surface area contributed by atoms with E-state index in [1.54, 1.807) is 24.5 Å². The molecule has 4 rings (SSSR count). The highest BCUT2D eigenvalue weighted by Crippen LogP contribution is 2.24. The van der Waals surface area contributed by atoms with Crippen LogP contribution in [0.1, 0.15) is 5.56 Å². The number of halogens is 1. The molecule has 2 heterocycles. The van der Waals surface area contributed by atoms with Gasteiger partial charge in [0.05, 0.1) is 0 Å². The van der Waals surface area contributed by atoms with Crippen molar-refractivity contribution in [3.63, 3.8) is 0 Å². The van der Waals surface area contributed by atoms with Crippen LogP contribution in [0.25, 0.3) is 11.1 Å². The molecule has 0 fully saturated rings. The Kier molecular flexibility index (Phi) is 6.40. The number of benzene rings is 2. The first-order chi connectivity index (χ1) is 15.2. The van der Waals surface area contributed by atoms with Crippen LogP contribution in [-0.2, 0) is 5.88 Å². The van der Waals surface area contributed by atoms with Gasteiger partial charge >= 0.3 is 6.03 Å². The Morgan fingerprint density at radius 2 is 1.39 bits per heavy atom. The van der Waals surface area contributed by atoms with Crippen molar-refractivity contribution < 1.29 is 4.79 Å². The summed E-state index contributed by atoms with van der Waals surface area (Å²) in [4.78, 5) is 21.0. The van der Waals surface area contributed by atoms with E-state index in [1.807, 2.05) is 66.7 Å². The van der Waals surface area contributed by atoms with Gasteiger partial charge in [-0.3, -0.25) is 5.32 Å². The van der Waals surface area contributed by atoms with Gasteiger partial charge in [0.2, 0.25) is 0 Å². The summed E-state index contributed by atoms with van der Waals surface area (Å²) < 4.78 is 0. The van der Waals surface area contributed by atoms with Crippen molar-refractivity contribution in [2.75, 3.05) is 16.0 Å². The zero-order valence-electron chi connectivity index (χ0n) is 16.5. The van der Waals surface area contributed by atoms with E-state index >= 15 is 0 Å². The standard InChI is InChI=1S/C24H20ClN5O/c25-16-17-6-8-21(9-7-17)29-24(31)30-23-15-19(11-13-27-23)18-10-12-26-22(14-18)28-20-4-2-1-3-5-20/h1-15H,16H2,(H,26,28)(H2,27,29,30,31). The van der Waals surface area contributed by atoms with Crippen LogP contribution in [0.3, 0.4) is 0 Å². The van der Waals surface area contributed by atoms with Crippen LogP contribution >= 0.6 is 11.6 Å². The van der Waals surface area contributed by atoms with Crippen LogP contribution < -0.4 is 16.0 Å². The van der Waals surface area contributed by atoms with Crippen LogP contribution in [0.4, 0.5) is 27.8 Å². The third-order valence-electron chi connectivity index (χ3n) is 4.51. The molecule has 2 amide bonds. The average molecular weight is 430 g/mol. The summed E-state index contributed by atoms with van der Waals surface area (Å²) in [6, 6.07) is 24.4. The molecule has 7 heteroatoms. The molecule has 0 atom stereocenters. The van der Waals surface area contributed by atoms with Gasteiger partial charge in [0.1, 0.15) is 11.6 Å². The highest BCUT2D eigenvalue weighted by Gasteiger charge is 2.07. The molecule has 0 saturated carbocycles. The number of nitrogens with zero attached hydrogens (tertiary/aromatic N) is 2. The van der Waals surface area contributed by atoms with Gasteiger partial charge in [-0.15, -0.1) is 11.6 Å². The average Bonchev–Trinajstić information content (AvgIpc) is 2.80. The quantitative estimate of drug-likeness (QED) is 0.315. The summed E-state index contributed by atoms with van der Waals surface area (Å²) in [5.41, 5.74) is 4.49. The number of rotatable bonds is 6. The first kappa shape index (κ1) is 20.4. The van der Waals surface area contributed by atoms with Crippen LogP contribution in [0, 0.1) is 0 Å². The topological polar surface area (TPSA) is 78.9 Å². The molecule has 2 aromatic carbocycles. The molecule has 6 nitrogen and oxygen atoms in total. The van der Waals surface area contributed by atoms with Gasteiger partial charge in [-0.05, 0) is 65.2 Å². The van der Waals surface area contributed by atoms with Crippen LogP contribution in [0.15, 0.2) is 91.3 Å². The molecule has 4 aromatic rings. The van der Waals surface area contributed by atoms with Crippen LogP contribution in [0.2, 0.25) is 0 Å². The van der Waals surface area contributed by atoms with Gasteiger partial charge < -0.3 is 10.6 Å². The van der Waals surface area contributed by atoms with Crippen LogP contribution in [-0.4, -0.2) is 16.0 Å². The second-order valence-electron chi connectivity index (χ2n) is 6.76. The maximum absolute atomic E-state index is 12.3. The van der Waals surface area contributed by atoms with E-state index in [-0.39, 0.29) is 6.03 Å². The van der Waals surface area contributed by atoms with Gasteiger partial charge in [0.25, 0.3) is 0 Å². The molecule has 0 aliphatic rings. The number of nitrogens with one attached hydrogen (secondary N) is 3. The Morgan fingerprint density at radius 1 is 0.742 bits per heavy atom. The van der Waals surface area contributed by atoms with Crippen LogP contribution in [0.5, 0.6) is 0 Å². The number of alkyl halides is 1. The smallest absolute Gasteiger partial charge is 0.324 e. The zero-order valence-corrected chi connectivity index (χ0v) is 17.3. The summed E-state index contributed by atoms with van der Waals surface area (Å²) in [5, 5.41) is 8.83. The summed E-state index contributed by atoms with van der Waals surface area (Å²) in [6.45, 7) is 0. The summed E-state index contributed by atoms with van der Waals surface area (Å²) in [5.74, 6) is 1.61. The minimum absolute atomic E-state index is 0.371. The maximum atomic E-state index is 12.3. The molecule has 0 saturated heterocycles. The summed E-state index contributed by atoms with van der Waals surface area (Å²) >= 11 is 5.79. The van der Waals surface area contributed by atoms with Crippen molar-refractivity contribution in [2.24, 2.45) is 0 Å². The second-order valence-corrected chi connectivity index (χ2v) is 7.03. The first-order valence-electron chi connectivity index (χ1n) is 9.67. The number of pyridine rings is 2. The Labute approximate surface area is 185 Å². The molecular formula is C24H20ClN5O. The van der Waals surface area contributed by atoms with Crippen molar-refractivity contribution in [3.8, 4) is 11.1 Å². The number of anilines is 4. The van der Waals surface area contributed by atoms with E-state index in [0.717, 1.165) is 28.2 Å². The molecule has 2 aromatic heterocycles. The highest BCUT2D eigenvalue weighted by atomic mass is 35.5. The van der Waals surface area contributed by atoms with Crippen molar-refractivity contribution >= 4 is 40.6 Å². The minimum Gasteiger partial charge on any atom is -0.340 e. The van der Waals surface area contributed by atoms with Gasteiger partial charge in [0.15, 0.2) is 0 Å². The van der Waals surface area contributed by atoms with E-state index in [1.165, 1.54) is 0 Å². The SMILES string of the molecule is O=C(Nc1ccc(CCl)cc1)Nc1cc(-c2ccnc(Nc3ccccc3)c2)ccn1. The second kappa shape index (κ2) is 9.73. The summed E-state index contributed by atoms with van der Waals surface area (Å²) in [6.07, 6.45) is 3.40. The number of hydrogen-bond donors (Lipinski definition) is 3. The molecule has 31 heavy (non-hydrogen) atoms. The number of urea groups is 1. The van der Waals surface area contributed by atoms with Crippen molar-refractivity contribution in [1.82, 2.24) is 9.97 Å². The normalized spacial score (nSPS) is 10.4. The monoisotopic (exact) mass is 429 g/mol. The van der Waals surface area contributed by atoms with E-state index in [9.17, 15) is 4.79 Å². The third-order valence-corrected chi connectivity index (χ3v) is 4.82. The zero-order chi connectivity index (χ0) is 21.5. The van der Waals surface area contributed by atoms with Crippen molar-refractivity contribution in [2.45, 2.75) is 5.88 Å². The van der Waals surface area contributed by atoms with Gasteiger partial charge in [-0.25, -0.2) is 14.8 Å². The molecule has 0 bridgehead atoms. The van der Waals surface area contributed by atoms with Gasteiger partial charge in [-0.1, -0.05) is 30.3 Å². The first-order valence-corrected chi connectivity index (χ1v) is 10.2. The Bertz CT molecular complexity index is 1170. The largest absolute Gasteiger partial charge is 0.340 e. The number of aromatic nitrogens is 2. The number of hydrogen-bond acceptors (Lipinski definition) is 4. The lowest BCUT2D eigenvalue weighted by atomic mass is 10.1. The molecule has 0 spiro atoms. The molecular weight excluding hydrogens is 410 g/mol. The summed E-state index contributed by atoms with van der Waals surface area (Å²) in [7, 11) is 0. The van der Waals surface area contributed by atoms with Gasteiger partial charge in [-0.2, -0.15) is 0 Å².